The Morgan fingerprint density at radius 1 is 1.25 bits per heavy atom. The molecule has 0 fully saturated rings. The fourth-order valence-electron chi connectivity index (χ4n) is 5.18. The molecule has 1 N–H and O–H groups in total. The van der Waals surface area contributed by atoms with E-state index in [-0.39, 0.29) is 11.5 Å². The zero-order chi connectivity index (χ0) is 23.3. The zero-order valence-electron chi connectivity index (χ0n) is 21.0. The number of nitrogens with one attached hydrogen (secondary N) is 1. The Hall–Kier alpha value is -2.52. The lowest BCUT2D eigenvalue weighted by Crippen LogP contribution is -2.50. The highest BCUT2D eigenvalue weighted by Crippen LogP contribution is 2.47. The Morgan fingerprint density at radius 2 is 2.00 bits per heavy atom. The summed E-state index contributed by atoms with van der Waals surface area (Å²) in [7, 11) is 2.12. The van der Waals surface area contributed by atoms with Gasteiger partial charge in [0.15, 0.2) is 0 Å². The molecule has 0 aromatic heterocycles. The van der Waals surface area contributed by atoms with Crippen LogP contribution in [0, 0.1) is 23.7 Å². The van der Waals surface area contributed by atoms with Gasteiger partial charge in [-0.2, -0.15) is 0 Å². The van der Waals surface area contributed by atoms with Crippen LogP contribution in [0.4, 0.5) is 0 Å². The normalized spacial score (nSPS) is 23.8. The zero-order valence-corrected chi connectivity index (χ0v) is 21.0. The molecular formula is C31H39N. The Morgan fingerprint density at radius 3 is 2.66 bits per heavy atom. The van der Waals surface area contributed by atoms with E-state index in [0.717, 1.165) is 25.7 Å². The second-order valence-electron chi connectivity index (χ2n) is 9.47. The van der Waals surface area contributed by atoms with Gasteiger partial charge in [-0.25, -0.2) is 0 Å². The van der Waals surface area contributed by atoms with Crippen molar-refractivity contribution in [1.82, 2.24) is 5.32 Å². The Kier molecular flexibility index (Phi) is 7.84. The average molecular weight is 426 g/mol. The largest absolute Gasteiger partial charge is 0.310 e. The van der Waals surface area contributed by atoms with Crippen LogP contribution in [0.3, 0.4) is 0 Å². The number of likely N-dealkylation sites (N-methyl/N-ethyl adjacent to an activating group) is 1. The van der Waals surface area contributed by atoms with Gasteiger partial charge in [-0.15, -0.1) is 5.73 Å². The number of fused-ring (bicyclic) bond motifs is 1. The fraction of sp³-hybridized carbons (Fsp3) is 0.452. The SMILES string of the molecule is C/C=C\CC1=C=C(C(/C(C)=C(C)/C=C\C)C(C)(NC)C2=CC3=CCC#CC(C)C=C3C2)C1. The first-order valence-electron chi connectivity index (χ1n) is 12.0. The molecule has 0 radical (unpaired) electrons. The van der Waals surface area contributed by atoms with Crippen molar-refractivity contribution in [3.05, 3.63) is 87.3 Å². The summed E-state index contributed by atoms with van der Waals surface area (Å²) in [6.45, 7) is 13.3. The number of hydrogen-bond donors (Lipinski definition) is 1. The first kappa shape index (κ1) is 24.1. The second-order valence-corrected chi connectivity index (χ2v) is 9.47. The van der Waals surface area contributed by atoms with E-state index in [9.17, 15) is 0 Å². The third kappa shape index (κ3) is 4.94. The Balaban J connectivity index is 2.09. The van der Waals surface area contributed by atoms with E-state index in [2.05, 4.69) is 114 Å². The van der Waals surface area contributed by atoms with Crippen molar-refractivity contribution in [1.29, 1.82) is 0 Å². The summed E-state index contributed by atoms with van der Waals surface area (Å²) in [4.78, 5) is 0. The predicted octanol–water partition coefficient (Wildman–Crippen LogP) is 7.54. The molecule has 0 aliphatic heterocycles. The molecule has 3 aliphatic carbocycles. The van der Waals surface area contributed by atoms with Gasteiger partial charge in [-0.1, -0.05) is 65.5 Å². The molecule has 0 spiro atoms. The monoisotopic (exact) mass is 425 g/mol. The van der Waals surface area contributed by atoms with E-state index in [1.165, 1.54) is 39.0 Å². The summed E-state index contributed by atoms with van der Waals surface area (Å²) in [5.41, 5.74) is 13.4. The highest BCUT2D eigenvalue weighted by atomic mass is 14.9. The molecule has 168 valence electrons. The van der Waals surface area contributed by atoms with Crippen LogP contribution in [-0.2, 0) is 0 Å². The number of rotatable bonds is 8. The van der Waals surface area contributed by atoms with E-state index in [0.29, 0.717) is 5.92 Å². The van der Waals surface area contributed by atoms with E-state index in [1.54, 1.807) is 0 Å². The van der Waals surface area contributed by atoms with Crippen LogP contribution < -0.4 is 5.32 Å². The van der Waals surface area contributed by atoms with Gasteiger partial charge in [-0.05, 0) is 89.3 Å². The molecule has 0 aromatic rings. The number of allylic oxidation sites excluding steroid dienone is 10. The van der Waals surface area contributed by atoms with Crippen LogP contribution in [0.1, 0.15) is 67.2 Å². The van der Waals surface area contributed by atoms with Crippen LogP contribution in [0.2, 0.25) is 0 Å². The average Bonchev–Trinajstić information content (AvgIpc) is 3.12. The minimum absolute atomic E-state index is 0.172. The maximum Gasteiger partial charge on any atom is 0.0479 e. The van der Waals surface area contributed by atoms with Crippen molar-refractivity contribution in [2.24, 2.45) is 11.8 Å². The third-order valence-electron chi connectivity index (χ3n) is 7.21. The van der Waals surface area contributed by atoms with Gasteiger partial charge in [0.25, 0.3) is 0 Å². The predicted molar refractivity (Wildman–Crippen MR) is 139 cm³/mol. The minimum atomic E-state index is -0.172. The standard InChI is InChI=1S/C31H39N/c1-8-10-15-25-18-28(19-25)30(24(5)23(4)13-9-2)31(6,32-7)29-20-26-16-12-11-14-22(3)17-27(26)21-29/h8-10,13,16-17,20,22,30,32H,12,15,18,21H2,1-7H3/b10-8-,13-9-,24-23+,26-16?,27-17?. The molecule has 0 saturated carbocycles. The maximum atomic E-state index is 3.76. The van der Waals surface area contributed by atoms with Gasteiger partial charge in [0, 0.05) is 30.2 Å². The minimum Gasteiger partial charge on any atom is -0.310 e. The van der Waals surface area contributed by atoms with E-state index in [4.69, 9.17) is 0 Å². The van der Waals surface area contributed by atoms with Crippen molar-refractivity contribution in [3.8, 4) is 11.8 Å². The molecule has 0 heterocycles. The van der Waals surface area contributed by atoms with Gasteiger partial charge in [0.05, 0.1) is 0 Å². The lowest BCUT2D eigenvalue weighted by Gasteiger charge is -2.43. The summed E-state index contributed by atoms with van der Waals surface area (Å²) < 4.78 is 0. The lowest BCUT2D eigenvalue weighted by molar-refractivity contribution is 0.352. The van der Waals surface area contributed by atoms with Crippen LogP contribution in [0.5, 0.6) is 0 Å². The molecule has 0 amide bonds. The molecule has 32 heavy (non-hydrogen) atoms. The van der Waals surface area contributed by atoms with Gasteiger partial charge in [0.1, 0.15) is 0 Å². The smallest absolute Gasteiger partial charge is 0.0479 e. The molecule has 1 nitrogen and oxygen atoms in total. The second kappa shape index (κ2) is 10.4. The Bertz CT molecular complexity index is 1060. The maximum absolute atomic E-state index is 3.76. The van der Waals surface area contributed by atoms with Crippen molar-refractivity contribution < 1.29 is 0 Å². The van der Waals surface area contributed by atoms with Crippen molar-refractivity contribution >= 4 is 0 Å². The van der Waals surface area contributed by atoms with Gasteiger partial charge in [-0.3, -0.25) is 0 Å². The number of hydrogen-bond acceptors (Lipinski definition) is 1. The molecule has 0 bridgehead atoms. The molecule has 3 atom stereocenters. The molecule has 3 rings (SSSR count). The molecule has 3 aliphatic rings. The molecular weight excluding hydrogens is 386 g/mol. The first-order valence-corrected chi connectivity index (χ1v) is 12.0. The van der Waals surface area contributed by atoms with E-state index in [1.807, 2.05) is 0 Å². The van der Waals surface area contributed by atoms with Crippen molar-refractivity contribution in [2.75, 3.05) is 7.05 Å². The van der Waals surface area contributed by atoms with Gasteiger partial charge in [0.2, 0.25) is 0 Å². The third-order valence-corrected chi connectivity index (χ3v) is 7.21. The molecule has 0 aromatic carbocycles. The summed E-state index contributed by atoms with van der Waals surface area (Å²) in [6, 6.07) is 0. The van der Waals surface area contributed by atoms with Crippen LogP contribution in [-0.4, -0.2) is 12.6 Å². The molecule has 0 saturated heterocycles. The summed E-state index contributed by atoms with van der Waals surface area (Å²) in [5.74, 6) is 7.23. The Labute approximate surface area is 196 Å². The van der Waals surface area contributed by atoms with E-state index >= 15 is 0 Å². The summed E-state index contributed by atoms with van der Waals surface area (Å²) >= 11 is 0. The lowest BCUT2D eigenvalue weighted by atomic mass is 9.67. The topological polar surface area (TPSA) is 12.0 Å². The van der Waals surface area contributed by atoms with Gasteiger partial charge >= 0.3 is 0 Å². The van der Waals surface area contributed by atoms with Crippen molar-refractivity contribution in [2.45, 2.75) is 72.8 Å². The van der Waals surface area contributed by atoms with Crippen molar-refractivity contribution in [3.63, 3.8) is 0 Å². The highest BCUT2D eigenvalue weighted by Gasteiger charge is 2.43. The molecule has 1 heteroatoms. The quantitative estimate of drug-likeness (QED) is 0.183. The van der Waals surface area contributed by atoms with Crippen LogP contribution >= 0.6 is 0 Å². The summed E-state index contributed by atoms with van der Waals surface area (Å²) in [5, 5.41) is 3.76. The first-order chi connectivity index (χ1) is 15.3. The van der Waals surface area contributed by atoms with Crippen LogP contribution in [0.15, 0.2) is 87.3 Å². The van der Waals surface area contributed by atoms with Crippen LogP contribution in [0.25, 0.3) is 0 Å². The summed E-state index contributed by atoms with van der Waals surface area (Å²) in [6.07, 6.45) is 19.7. The molecule has 3 unspecified atom stereocenters. The highest BCUT2D eigenvalue weighted by molar-refractivity contribution is 5.56. The fourth-order valence-corrected chi connectivity index (χ4v) is 5.18. The van der Waals surface area contributed by atoms with E-state index < -0.39 is 0 Å². The van der Waals surface area contributed by atoms with Gasteiger partial charge < -0.3 is 5.32 Å².